The molecule has 0 bridgehead atoms. The van der Waals surface area contributed by atoms with Crippen LogP contribution in [0.2, 0.25) is 0 Å². The van der Waals surface area contributed by atoms with Gasteiger partial charge in [0.2, 0.25) is 5.91 Å². The van der Waals surface area contributed by atoms with E-state index in [1.54, 1.807) is 35.0 Å². The maximum Gasteiger partial charge on any atom is 0.292 e. The minimum absolute atomic E-state index is 0.128. The summed E-state index contributed by atoms with van der Waals surface area (Å²) < 4.78 is 1.56. The van der Waals surface area contributed by atoms with Crippen LogP contribution in [0.25, 0.3) is 15.9 Å². The van der Waals surface area contributed by atoms with Gasteiger partial charge in [-0.15, -0.1) is 11.3 Å². The van der Waals surface area contributed by atoms with Crippen LogP contribution in [0.15, 0.2) is 64.5 Å². The Morgan fingerprint density at radius 2 is 1.91 bits per heavy atom. The summed E-state index contributed by atoms with van der Waals surface area (Å²) in [5, 5.41) is 14.3. The van der Waals surface area contributed by atoms with Crippen LogP contribution in [0.3, 0.4) is 0 Å². The first kappa shape index (κ1) is 22.3. The highest BCUT2D eigenvalue weighted by atomic mass is 32.2. The van der Waals surface area contributed by atoms with E-state index in [0.717, 1.165) is 36.6 Å². The molecule has 0 fully saturated rings. The van der Waals surface area contributed by atoms with Crippen LogP contribution in [-0.2, 0) is 17.6 Å². The predicted octanol–water partition coefficient (Wildman–Crippen LogP) is 4.96. The molecular weight excluding hydrogens is 472 g/mol. The number of nitro benzene ring substituents is 1. The van der Waals surface area contributed by atoms with Gasteiger partial charge in [0.1, 0.15) is 10.5 Å². The van der Waals surface area contributed by atoms with Crippen LogP contribution in [-0.4, -0.2) is 25.6 Å². The van der Waals surface area contributed by atoms with Crippen molar-refractivity contribution in [2.75, 3.05) is 5.32 Å². The van der Waals surface area contributed by atoms with Crippen LogP contribution in [0.4, 0.5) is 11.4 Å². The molecule has 1 aliphatic carbocycles. The first-order valence-electron chi connectivity index (χ1n) is 10.8. The third kappa shape index (κ3) is 3.99. The van der Waals surface area contributed by atoms with Crippen molar-refractivity contribution in [2.24, 2.45) is 0 Å². The lowest BCUT2D eigenvalue weighted by Gasteiger charge is -2.16. The summed E-state index contributed by atoms with van der Waals surface area (Å²) in [6, 6.07) is 15.2. The van der Waals surface area contributed by atoms with E-state index in [9.17, 15) is 19.7 Å². The number of carbonyl (C=O) groups is 1. The number of rotatable bonds is 6. The molecule has 172 valence electrons. The topological polar surface area (TPSA) is 107 Å². The van der Waals surface area contributed by atoms with E-state index >= 15 is 0 Å². The molecule has 0 spiro atoms. The maximum atomic E-state index is 13.7. The zero-order chi connectivity index (χ0) is 23.8. The first-order chi connectivity index (χ1) is 16.4. The van der Waals surface area contributed by atoms with Crippen molar-refractivity contribution in [1.82, 2.24) is 9.55 Å². The molecule has 2 heterocycles. The maximum absolute atomic E-state index is 13.7. The number of carbonyl (C=O) groups excluding carboxylic acids is 1. The Morgan fingerprint density at radius 3 is 2.68 bits per heavy atom. The second-order valence-corrected chi connectivity index (χ2v) is 10.3. The normalized spacial score (nSPS) is 13.6. The van der Waals surface area contributed by atoms with Crippen LogP contribution in [0.5, 0.6) is 0 Å². The molecule has 2 aromatic carbocycles. The monoisotopic (exact) mass is 492 g/mol. The molecule has 1 unspecified atom stereocenters. The second kappa shape index (κ2) is 9.03. The van der Waals surface area contributed by atoms with E-state index in [4.69, 9.17) is 4.98 Å². The van der Waals surface area contributed by atoms with Gasteiger partial charge in [0, 0.05) is 10.9 Å². The fraction of sp³-hybridized carbons (Fsp3) is 0.208. The summed E-state index contributed by atoms with van der Waals surface area (Å²) in [6.07, 6.45) is 2.88. The number of aryl methyl sites for hydroxylation is 2. The summed E-state index contributed by atoms with van der Waals surface area (Å²) >= 11 is 2.70. The molecule has 34 heavy (non-hydrogen) atoms. The Balaban J connectivity index is 1.53. The lowest BCUT2D eigenvalue weighted by Crippen LogP contribution is -2.26. The molecule has 0 saturated heterocycles. The molecule has 2 aromatic heterocycles. The SMILES string of the molecule is CC(Sc1nc2sc3c(c2c(=O)n1-c1ccccc1)CCC3)C(=O)Nc1ccccc1[N+](=O)[O-]. The number of amides is 1. The van der Waals surface area contributed by atoms with E-state index in [-0.39, 0.29) is 16.9 Å². The number of aromatic nitrogens is 2. The zero-order valence-corrected chi connectivity index (χ0v) is 19.8. The van der Waals surface area contributed by atoms with E-state index in [1.807, 2.05) is 30.3 Å². The van der Waals surface area contributed by atoms with Gasteiger partial charge in [-0.05, 0) is 49.9 Å². The van der Waals surface area contributed by atoms with Gasteiger partial charge in [-0.2, -0.15) is 0 Å². The van der Waals surface area contributed by atoms with Gasteiger partial charge in [-0.1, -0.05) is 42.1 Å². The van der Waals surface area contributed by atoms with Gasteiger partial charge in [0.15, 0.2) is 5.16 Å². The Labute approximate surface area is 202 Å². The highest BCUT2D eigenvalue weighted by Crippen LogP contribution is 2.36. The highest BCUT2D eigenvalue weighted by Gasteiger charge is 2.26. The van der Waals surface area contributed by atoms with E-state index in [0.29, 0.717) is 21.1 Å². The molecule has 4 aromatic rings. The summed E-state index contributed by atoms with van der Waals surface area (Å²) in [7, 11) is 0. The van der Waals surface area contributed by atoms with Crippen molar-refractivity contribution >= 4 is 50.6 Å². The largest absolute Gasteiger partial charge is 0.319 e. The van der Waals surface area contributed by atoms with Gasteiger partial charge in [0.25, 0.3) is 11.2 Å². The highest BCUT2D eigenvalue weighted by molar-refractivity contribution is 8.00. The van der Waals surface area contributed by atoms with E-state index < -0.39 is 16.1 Å². The molecule has 10 heteroatoms. The first-order valence-corrected chi connectivity index (χ1v) is 12.5. The average Bonchev–Trinajstić information content (AvgIpc) is 3.41. The summed E-state index contributed by atoms with van der Waals surface area (Å²) in [5.74, 6) is -0.415. The summed E-state index contributed by atoms with van der Waals surface area (Å²) in [6.45, 7) is 1.69. The van der Waals surface area contributed by atoms with Crippen LogP contribution < -0.4 is 10.9 Å². The zero-order valence-electron chi connectivity index (χ0n) is 18.2. The lowest BCUT2D eigenvalue weighted by molar-refractivity contribution is -0.383. The number of hydrogen-bond acceptors (Lipinski definition) is 7. The smallest absolute Gasteiger partial charge is 0.292 e. The Hall–Kier alpha value is -3.50. The third-order valence-electron chi connectivity index (χ3n) is 5.73. The van der Waals surface area contributed by atoms with Crippen molar-refractivity contribution in [3.05, 3.63) is 85.5 Å². The van der Waals surface area contributed by atoms with Gasteiger partial charge in [-0.3, -0.25) is 24.3 Å². The number of para-hydroxylation sites is 3. The number of thioether (sulfide) groups is 1. The standard InChI is InChI=1S/C24H20N4O4S2/c1-14(21(29)25-17-11-5-6-12-18(17)28(31)32)33-24-26-22-20(16-10-7-13-19(16)34-22)23(30)27(24)15-8-3-2-4-9-15/h2-6,8-9,11-12,14H,7,10,13H2,1H3,(H,25,29). The molecule has 1 amide bonds. The average molecular weight is 493 g/mol. The number of nitrogens with zero attached hydrogens (tertiary/aromatic N) is 3. The third-order valence-corrected chi connectivity index (χ3v) is 7.97. The Bertz CT molecular complexity index is 1480. The summed E-state index contributed by atoms with van der Waals surface area (Å²) in [4.78, 5) is 44.1. The van der Waals surface area contributed by atoms with E-state index in [1.165, 1.54) is 17.0 Å². The molecule has 8 nitrogen and oxygen atoms in total. The molecule has 1 N–H and O–H groups in total. The van der Waals surface area contributed by atoms with Gasteiger partial charge >= 0.3 is 0 Å². The summed E-state index contributed by atoms with van der Waals surface area (Å²) in [5.41, 5.74) is 1.59. The quantitative estimate of drug-likeness (QED) is 0.176. The molecule has 1 aliphatic rings. The fourth-order valence-corrected chi connectivity index (χ4v) is 6.32. The minimum Gasteiger partial charge on any atom is -0.319 e. The number of nitro groups is 1. The number of fused-ring (bicyclic) bond motifs is 3. The van der Waals surface area contributed by atoms with Gasteiger partial charge in [-0.25, -0.2) is 4.98 Å². The Morgan fingerprint density at radius 1 is 1.18 bits per heavy atom. The molecule has 0 saturated carbocycles. The predicted molar refractivity (Wildman–Crippen MR) is 134 cm³/mol. The number of hydrogen-bond donors (Lipinski definition) is 1. The van der Waals surface area contributed by atoms with Gasteiger partial charge < -0.3 is 5.32 Å². The molecule has 5 rings (SSSR count). The number of benzene rings is 2. The van der Waals surface area contributed by atoms with Crippen molar-refractivity contribution in [3.63, 3.8) is 0 Å². The molecule has 0 radical (unpaired) electrons. The molecular formula is C24H20N4O4S2. The lowest BCUT2D eigenvalue weighted by atomic mass is 10.2. The molecule has 1 atom stereocenters. The number of nitrogens with one attached hydrogen (secondary N) is 1. The minimum atomic E-state index is -0.661. The number of thiophene rings is 1. The molecule has 0 aliphatic heterocycles. The van der Waals surface area contributed by atoms with Crippen molar-refractivity contribution in [2.45, 2.75) is 36.6 Å². The van der Waals surface area contributed by atoms with Crippen LogP contribution >= 0.6 is 23.1 Å². The van der Waals surface area contributed by atoms with Crippen LogP contribution in [0.1, 0.15) is 23.8 Å². The second-order valence-electron chi connectivity index (χ2n) is 7.93. The van der Waals surface area contributed by atoms with Gasteiger partial charge in [0.05, 0.1) is 21.2 Å². The van der Waals surface area contributed by atoms with Crippen molar-refractivity contribution in [1.29, 1.82) is 0 Å². The van der Waals surface area contributed by atoms with Crippen molar-refractivity contribution in [3.8, 4) is 5.69 Å². The van der Waals surface area contributed by atoms with Crippen molar-refractivity contribution < 1.29 is 9.72 Å². The van der Waals surface area contributed by atoms with Crippen LogP contribution in [0, 0.1) is 10.1 Å². The number of anilines is 1. The van der Waals surface area contributed by atoms with E-state index in [2.05, 4.69) is 5.32 Å². The fourth-order valence-electron chi connectivity index (χ4n) is 4.09. The Kier molecular flexibility index (Phi) is 5.93.